The van der Waals surface area contributed by atoms with E-state index in [0.29, 0.717) is 11.4 Å². The van der Waals surface area contributed by atoms with E-state index in [2.05, 4.69) is 164 Å². The summed E-state index contributed by atoms with van der Waals surface area (Å²) in [5.74, 6) is 0.673. The SMILES string of the molecule is CC1(C)c2ccc(C#N)cc2-c2ccc(-c3cc(-c4ccc(-c5cccnc5)cc4)cc(-c4cc(-c5ccc(-c6ccccc6)cc5)nc(-c5ccccc5)n4)c3)cc21. The third kappa shape index (κ3) is 6.69. The molecule has 4 nitrogen and oxygen atoms in total. The molecule has 2 heterocycles. The van der Waals surface area contributed by atoms with Crippen LogP contribution in [0.5, 0.6) is 0 Å². The van der Waals surface area contributed by atoms with Crippen LogP contribution in [0.15, 0.2) is 194 Å². The van der Waals surface area contributed by atoms with Crippen molar-refractivity contribution in [1.82, 2.24) is 15.0 Å². The summed E-state index contributed by atoms with van der Waals surface area (Å²) in [6.45, 7) is 4.55. The van der Waals surface area contributed by atoms with E-state index in [0.717, 1.165) is 72.6 Å². The van der Waals surface area contributed by atoms with Crippen LogP contribution in [0, 0.1) is 11.3 Å². The zero-order chi connectivity index (χ0) is 39.9. The van der Waals surface area contributed by atoms with Crippen LogP contribution in [0.2, 0.25) is 0 Å². The number of nitriles is 1. The molecule has 1 aliphatic carbocycles. The predicted octanol–water partition coefficient (Wildman–Crippen LogP) is 13.7. The Morgan fingerprint density at radius 2 is 0.949 bits per heavy atom. The Morgan fingerprint density at radius 1 is 0.407 bits per heavy atom. The third-order valence-electron chi connectivity index (χ3n) is 11.6. The Labute approximate surface area is 344 Å². The van der Waals surface area contributed by atoms with E-state index in [1.165, 1.54) is 22.3 Å². The quantitative estimate of drug-likeness (QED) is 0.163. The molecule has 0 saturated heterocycles. The summed E-state index contributed by atoms with van der Waals surface area (Å²) >= 11 is 0. The molecule has 1 aliphatic rings. The summed E-state index contributed by atoms with van der Waals surface area (Å²) in [7, 11) is 0. The van der Waals surface area contributed by atoms with Crippen LogP contribution in [0.1, 0.15) is 30.5 Å². The van der Waals surface area contributed by atoms with E-state index in [4.69, 9.17) is 9.97 Å². The van der Waals surface area contributed by atoms with Gasteiger partial charge in [-0.3, -0.25) is 4.98 Å². The highest BCUT2D eigenvalue weighted by Crippen LogP contribution is 2.50. The molecule has 278 valence electrons. The van der Waals surface area contributed by atoms with Gasteiger partial charge in [-0.2, -0.15) is 5.26 Å². The maximum atomic E-state index is 9.71. The molecule has 0 radical (unpaired) electrons. The Bertz CT molecular complexity index is 3040. The summed E-state index contributed by atoms with van der Waals surface area (Å²) < 4.78 is 0. The smallest absolute Gasteiger partial charge is 0.160 e. The molecule has 10 rings (SSSR count). The normalized spacial score (nSPS) is 12.4. The number of aromatic nitrogens is 3. The van der Waals surface area contributed by atoms with Crippen molar-refractivity contribution in [3.8, 4) is 95.6 Å². The fourth-order valence-electron chi connectivity index (χ4n) is 8.42. The third-order valence-corrected chi connectivity index (χ3v) is 11.6. The first-order chi connectivity index (χ1) is 28.9. The maximum Gasteiger partial charge on any atom is 0.160 e. The number of pyridine rings is 1. The summed E-state index contributed by atoms with van der Waals surface area (Å²) in [5.41, 5.74) is 18.9. The highest BCUT2D eigenvalue weighted by atomic mass is 14.9. The van der Waals surface area contributed by atoms with Gasteiger partial charge in [0.1, 0.15) is 0 Å². The van der Waals surface area contributed by atoms with Crippen molar-refractivity contribution in [2.45, 2.75) is 19.3 Å². The van der Waals surface area contributed by atoms with Crippen molar-refractivity contribution in [1.29, 1.82) is 5.26 Å². The van der Waals surface area contributed by atoms with Gasteiger partial charge >= 0.3 is 0 Å². The van der Waals surface area contributed by atoms with E-state index >= 15 is 0 Å². The van der Waals surface area contributed by atoms with Crippen molar-refractivity contribution in [3.05, 3.63) is 211 Å². The second-order valence-corrected chi connectivity index (χ2v) is 15.6. The summed E-state index contributed by atoms with van der Waals surface area (Å²) in [6.07, 6.45) is 3.70. The lowest BCUT2D eigenvalue weighted by Crippen LogP contribution is -2.15. The lowest BCUT2D eigenvalue weighted by atomic mass is 9.81. The van der Waals surface area contributed by atoms with Crippen molar-refractivity contribution in [2.75, 3.05) is 0 Å². The number of fused-ring (bicyclic) bond motifs is 3. The van der Waals surface area contributed by atoms with Crippen LogP contribution >= 0.6 is 0 Å². The van der Waals surface area contributed by atoms with Crippen molar-refractivity contribution >= 4 is 0 Å². The number of rotatable bonds is 7. The van der Waals surface area contributed by atoms with Crippen LogP contribution in [0.25, 0.3) is 89.5 Å². The fourth-order valence-corrected chi connectivity index (χ4v) is 8.42. The lowest BCUT2D eigenvalue weighted by molar-refractivity contribution is 0.660. The summed E-state index contributed by atoms with van der Waals surface area (Å²) in [4.78, 5) is 14.8. The molecule has 0 spiro atoms. The molecule has 0 unspecified atom stereocenters. The van der Waals surface area contributed by atoms with Gasteiger partial charge in [0.15, 0.2) is 5.82 Å². The van der Waals surface area contributed by atoms with Crippen molar-refractivity contribution < 1.29 is 0 Å². The molecule has 2 aromatic heterocycles. The van der Waals surface area contributed by atoms with Gasteiger partial charge in [-0.05, 0) is 115 Å². The lowest BCUT2D eigenvalue weighted by Gasteiger charge is -2.22. The molecule has 0 N–H and O–H groups in total. The van der Waals surface area contributed by atoms with Crippen molar-refractivity contribution in [2.24, 2.45) is 0 Å². The van der Waals surface area contributed by atoms with E-state index in [9.17, 15) is 5.26 Å². The summed E-state index contributed by atoms with van der Waals surface area (Å²) in [6, 6.07) is 66.2. The Morgan fingerprint density at radius 3 is 1.61 bits per heavy atom. The highest BCUT2D eigenvalue weighted by molar-refractivity contribution is 5.87. The van der Waals surface area contributed by atoms with Gasteiger partial charge in [0.25, 0.3) is 0 Å². The van der Waals surface area contributed by atoms with Crippen LogP contribution in [-0.2, 0) is 5.41 Å². The molecule has 0 bridgehead atoms. The predicted molar refractivity (Wildman–Crippen MR) is 240 cm³/mol. The van der Waals surface area contributed by atoms with Crippen LogP contribution < -0.4 is 0 Å². The topological polar surface area (TPSA) is 62.5 Å². The molecular weight excluding hydrogens is 717 g/mol. The number of nitrogens with zero attached hydrogens (tertiary/aromatic N) is 4. The maximum absolute atomic E-state index is 9.71. The van der Waals surface area contributed by atoms with Gasteiger partial charge in [-0.25, -0.2) is 9.97 Å². The van der Waals surface area contributed by atoms with Crippen LogP contribution in [0.3, 0.4) is 0 Å². The molecule has 0 saturated carbocycles. The first-order valence-corrected chi connectivity index (χ1v) is 19.9. The Kier molecular flexibility index (Phi) is 8.85. The number of benzene rings is 7. The first kappa shape index (κ1) is 35.7. The number of hydrogen-bond acceptors (Lipinski definition) is 4. The molecule has 0 aliphatic heterocycles. The van der Waals surface area contributed by atoms with E-state index in [1.807, 2.05) is 48.7 Å². The van der Waals surface area contributed by atoms with E-state index in [-0.39, 0.29) is 5.41 Å². The largest absolute Gasteiger partial charge is 0.264 e. The second kappa shape index (κ2) is 14.6. The Hall–Kier alpha value is -7.74. The monoisotopic (exact) mass is 754 g/mol. The molecule has 0 atom stereocenters. The Balaban J connectivity index is 1.13. The van der Waals surface area contributed by atoms with Gasteiger partial charge < -0.3 is 0 Å². The van der Waals surface area contributed by atoms with Gasteiger partial charge in [0.05, 0.1) is 23.0 Å². The van der Waals surface area contributed by atoms with Gasteiger partial charge in [0, 0.05) is 34.5 Å². The van der Waals surface area contributed by atoms with E-state index in [1.54, 1.807) is 6.20 Å². The molecule has 59 heavy (non-hydrogen) atoms. The van der Waals surface area contributed by atoms with Gasteiger partial charge in [0.2, 0.25) is 0 Å². The molecule has 7 aromatic carbocycles. The standard InChI is InChI=1S/C55H38N4/c1-55(2)50-26-15-36(34-56)28-49(50)48-25-24-43(32-51(48)55)46-29-45(40-18-16-39(17-19-40)44-14-9-27-57-35-44)30-47(31-46)53-33-52(58-54(59-53)42-12-7-4-8-13-42)41-22-20-38(21-23-41)37-10-5-3-6-11-37/h3-33,35H,1-2H3. The molecular formula is C55H38N4. The average Bonchev–Trinajstić information content (AvgIpc) is 3.54. The van der Waals surface area contributed by atoms with E-state index < -0.39 is 0 Å². The van der Waals surface area contributed by atoms with Gasteiger partial charge in [-0.15, -0.1) is 0 Å². The zero-order valence-electron chi connectivity index (χ0n) is 32.8. The molecule has 0 fully saturated rings. The second-order valence-electron chi connectivity index (χ2n) is 15.6. The molecule has 9 aromatic rings. The highest BCUT2D eigenvalue weighted by Gasteiger charge is 2.35. The van der Waals surface area contributed by atoms with Crippen LogP contribution in [-0.4, -0.2) is 15.0 Å². The summed E-state index contributed by atoms with van der Waals surface area (Å²) in [5, 5.41) is 9.71. The van der Waals surface area contributed by atoms with Crippen molar-refractivity contribution in [3.63, 3.8) is 0 Å². The molecule has 4 heteroatoms. The minimum absolute atomic E-state index is 0.223. The first-order valence-electron chi connectivity index (χ1n) is 19.9. The average molecular weight is 755 g/mol. The van der Waals surface area contributed by atoms with Crippen LogP contribution in [0.4, 0.5) is 0 Å². The fraction of sp³-hybridized carbons (Fsp3) is 0.0545. The minimum atomic E-state index is -0.223. The number of hydrogen-bond donors (Lipinski definition) is 0. The van der Waals surface area contributed by atoms with Gasteiger partial charge in [-0.1, -0.05) is 147 Å². The zero-order valence-corrected chi connectivity index (χ0v) is 32.8. The minimum Gasteiger partial charge on any atom is -0.264 e. The molecule has 0 amide bonds.